The molecule has 2 rings (SSSR count). The van der Waals surface area contributed by atoms with Crippen LogP contribution in [-0.2, 0) is 6.42 Å². The van der Waals surface area contributed by atoms with Crippen LogP contribution in [0.25, 0.3) is 0 Å². The molecule has 0 N–H and O–H groups in total. The van der Waals surface area contributed by atoms with Crippen LogP contribution in [0.15, 0.2) is 11.4 Å². The van der Waals surface area contributed by atoms with Gasteiger partial charge >= 0.3 is 5.78 Å². The van der Waals surface area contributed by atoms with E-state index in [4.69, 9.17) is 0 Å². The van der Waals surface area contributed by atoms with Crippen LogP contribution in [-0.4, -0.2) is 5.78 Å². The largest absolute Gasteiger partial charge is 0.338 e. The third-order valence-electron chi connectivity index (χ3n) is 1.48. The molecule has 1 aromatic heterocycles. The molecular weight excluding hydrogens is 132 g/mol. The highest BCUT2D eigenvalue weighted by molar-refractivity contribution is 7.10. The van der Waals surface area contributed by atoms with E-state index in [2.05, 4.69) is 0 Å². The van der Waals surface area contributed by atoms with Crippen LogP contribution in [0.3, 0.4) is 0 Å². The minimum absolute atomic E-state index is 0.200. The first kappa shape index (κ1) is 5.06. The lowest BCUT2D eigenvalue weighted by molar-refractivity contribution is 0.103. The summed E-state index contributed by atoms with van der Waals surface area (Å²) in [6.07, 6.45) is 2.59. The molecule has 1 aliphatic carbocycles. The molecule has 1 aromatic rings. The van der Waals surface area contributed by atoms with Crippen LogP contribution in [0.4, 0.5) is 0 Å². The average molecular weight is 137 g/mol. The lowest BCUT2D eigenvalue weighted by Crippen LogP contribution is -1.87. The zero-order chi connectivity index (χ0) is 6.27. The van der Waals surface area contributed by atoms with Crippen molar-refractivity contribution < 1.29 is 4.79 Å². The second-order valence-electron chi connectivity index (χ2n) is 2.03. The monoisotopic (exact) mass is 137 g/mol. The van der Waals surface area contributed by atoms with Crippen LogP contribution in [0, 0.1) is 6.42 Å². The summed E-state index contributed by atoms with van der Waals surface area (Å²) in [5.74, 6) is 0.200. The van der Waals surface area contributed by atoms with E-state index < -0.39 is 0 Å². The molecule has 0 amide bonds. The van der Waals surface area contributed by atoms with E-state index in [0.717, 1.165) is 12.0 Å². The van der Waals surface area contributed by atoms with E-state index >= 15 is 0 Å². The lowest BCUT2D eigenvalue weighted by Gasteiger charge is -1.67. The van der Waals surface area contributed by atoms with Crippen molar-refractivity contribution in [2.24, 2.45) is 0 Å². The molecule has 0 saturated heterocycles. The first-order valence-corrected chi connectivity index (χ1v) is 3.70. The number of carbonyl (C=O) groups excluding carboxylic acids is 1. The highest BCUT2D eigenvalue weighted by Crippen LogP contribution is 2.25. The van der Waals surface area contributed by atoms with Gasteiger partial charge in [0.25, 0.3) is 0 Å². The molecule has 0 unspecified atom stereocenters. The Balaban J connectivity index is 2.61. The van der Waals surface area contributed by atoms with E-state index in [1.165, 1.54) is 4.88 Å². The van der Waals surface area contributed by atoms with Gasteiger partial charge in [-0.15, -0.1) is 11.3 Å². The van der Waals surface area contributed by atoms with Gasteiger partial charge in [-0.2, -0.15) is 0 Å². The Bertz CT molecular complexity index is 249. The van der Waals surface area contributed by atoms with Crippen LogP contribution in [0.1, 0.15) is 15.2 Å². The summed E-state index contributed by atoms with van der Waals surface area (Å²) >= 11 is 1.66. The van der Waals surface area contributed by atoms with Crippen molar-refractivity contribution in [1.82, 2.24) is 0 Å². The molecule has 0 atom stereocenters. The van der Waals surface area contributed by atoms with E-state index in [1.807, 2.05) is 11.4 Å². The molecule has 0 aliphatic heterocycles. The van der Waals surface area contributed by atoms with Crippen molar-refractivity contribution in [1.29, 1.82) is 0 Å². The van der Waals surface area contributed by atoms with Gasteiger partial charge in [0.15, 0.2) is 5.56 Å². The third-order valence-corrected chi connectivity index (χ3v) is 2.43. The molecule has 2 heteroatoms. The minimum atomic E-state index is 0.200. The summed E-state index contributed by atoms with van der Waals surface area (Å²) in [6.45, 7) is 0. The van der Waals surface area contributed by atoms with Crippen LogP contribution < -0.4 is 0 Å². The number of carbonyl (C=O) groups is 1. The maximum atomic E-state index is 10.9. The quantitative estimate of drug-likeness (QED) is 0.497. The van der Waals surface area contributed by atoms with E-state index in [-0.39, 0.29) is 5.78 Å². The van der Waals surface area contributed by atoms with Gasteiger partial charge in [-0.05, 0) is 0 Å². The Kier molecular flexibility index (Phi) is 0.904. The van der Waals surface area contributed by atoms with Crippen molar-refractivity contribution >= 4 is 17.1 Å². The number of Topliss-reactive ketones (excluding diaryl/α,β-unsaturated/α-hetero) is 1. The average Bonchev–Trinajstić information content (AvgIpc) is 2.35. The number of fused-ring (bicyclic) bond motifs is 1. The van der Waals surface area contributed by atoms with Gasteiger partial charge in [0.1, 0.15) is 4.88 Å². The molecule has 0 aromatic carbocycles. The van der Waals surface area contributed by atoms with Gasteiger partial charge in [0.2, 0.25) is 0 Å². The summed E-state index contributed by atoms with van der Waals surface area (Å²) < 4.78 is 0. The number of hydrogen-bond acceptors (Lipinski definition) is 2. The van der Waals surface area contributed by atoms with Crippen molar-refractivity contribution in [3.8, 4) is 0 Å². The Labute approximate surface area is 57.3 Å². The van der Waals surface area contributed by atoms with Crippen LogP contribution >= 0.6 is 11.3 Å². The highest BCUT2D eigenvalue weighted by Gasteiger charge is 2.30. The maximum Gasteiger partial charge on any atom is 0.338 e. The molecule has 0 saturated carbocycles. The summed E-state index contributed by atoms with van der Waals surface area (Å²) in [4.78, 5) is 12.1. The fraction of sp³-hybridized carbons (Fsp3) is 0.143. The summed E-state index contributed by atoms with van der Waals surface area (Å²) in [7, 11) is 0. The number of rotatable bonds is 0. The zero-order valence-corrected chi connectivity index (χ0v) is 5.57. The maximum absolute atomic E-state index is 10.9. The Morgan fingerprint density at radius 3 is 3.33 bits per heavy atom. The van der Waals surface area contributed by atoms with E-state index in [9.17, 15) is 4.79 Å². The molecule has 1 nitrogen and oxygen atoms in total. The van der Waals surface area contributed by atoms with E-state index in [1.54, 1.807) is 17.8 Å². The first-order valence-electron chi connectivity index (χ1n) is 2.82. The van der Waals surface area contributed by atoms with Gasteiger partial charge in [-0.25, -0.2) is 4.79 Å². The fourth-order valence-corrected chi connectivity index (χ4v) is 1.86. The second kappa shape index (κ2) is 1.61. The van der Waals surface area contributed by atoms with Gasteiger partial charge in [0.05, 0.1) is 12.8 Å². The summed E-state index contributed by atoms with van der Waals surface area (Å²) in [5, 5.41) is 1.97. The smallest absolute Gasteiger partial charge is 0.240 e. The Hall–Kier alpha value is -0.760. The SMILES string of the molecule is O=C1[CH+]Cc2sccc21. The molecule has 1 aliphatic rings. The molecule has 0 fully saturated rings. The number of hydrogen-bond donors (Lipinski definition) is 0. The predicted octanol–water partition coefficient (Wildman–Crippen LogP) is 1.69. The highest BCUT2D eigenvalue weighted by atomic mass is 32.1. The van der Waals surface area contributed by atoms with Crippen molar-refractivity contribution in [2.45, 2.75) is 6.42 Å². The second-order valence-corrected chi connectivity index (χ2v) is 3.03. The van der Waals surface area contributed by atoms with Crippen LogP contribution in [0.5, 0.6) is 0 Å². The van der Waals surface area contributed by atoms with Crippen molar-refractivity contribution in [3.05, 3.63) is 28.3 Å². The lowest BCUT2D eigenvalue weighted by atomic mass is 10.2. The van der Waals surface area contributed by atoms with Gasteiger partial charge in [0, 0.05) is 11.4 Å². The Morgan fingerprint density at radius 1 is 1.67 bits per heavy atom. The Morgan fingerprint density at radius 2 is 2.56 bits per heavy atom. The molecule has 1 heterocycles. The minimum Gasteiger partial charge on any atom is -0.240 e. The summed E-state index contributed by atoms with van der Waals surface area (Å²) in [6, 6.07) is 1.89. The van der Waals surface area contributed by atoms with Gasteiger partial charge in [-0.3, -0.25) is 0 Å². The standard InChI is InChI=1S/C7H5OS/c8-6-1-2-7-5(6)3-4-9-7/h1,3-4H,2H2/q+1. The molecule has 0 spiro atoms. The topological polar surface area (TPSA) is 17.1 Å². The van der Waals surface area contributed by atoms with Crippen LogP contribution in [0.2, 0.25) is 0 Å². The summed E-state index contributed by atoms with van der Waals surface area (Å²) in [5.41, 5.74) is 0.917. The number of thiophene rings is 1. The molecule has 0 radical (unpaired) electrons. The molecular formula is C7H5OS+. The first-order chi connectivity index (χ1) is 4.38. The normalized spacial score (nSPS) is 15.3. The van der Waals surface area contributed by atoms with Crippen molar-refractivity contribution in [2.75, 3.05) is 0 Å². The zero-order valence-electron chi connectivity index (χ0n) is 4.76. The van der Waals surface area contributed by atoms with Gasteiger partial charge in [-0.1, -0.05) is 0 Å². The predicted molar refractivity (Wildman–Crippen MR) is 36.7 cm³/mol. The van der Waals surface area contributed by atoms with Crippen molar-refractivity contribution in [3.63, 3.8) is 0 Å². The van der Waals surface area contributed by atoms with E-state index in [0.29, 0.717) is 0 Å². The molecule has 9 heavy (non-hydrogen) atoms. The molecule has 0 bridgehead atoms. The van der Waals surface area contributed by atoms with Gasteiger partial charge < -0.3 is 0 Å². The third kappa shape index (κ3) is 0.598. The number of ketones is 1. The molecule has 44 valence electrons. The fourth-order valence-electron chi connectivity index (χ4n) is 1.01.